The molecule has 1 heterocycles. The van der Waals surface area contributed by atoms with Crippen molar-refractivity contribution in [2.24, 2.45) is 0 Å². The van der Waals surface area contributed by atoms with E-state index in [1.54, 1.807) is 0 Å². The summed E-state index contributed by atoms with van der Waals surface area (Å²) in [4.78, 5) is 3.92. The van der Waals surface area contributed by atoms with Crippen LogP contribution in [0.2, 0.25) is 5.02 Å². The van der Waals surface area contributed by atoms with E-state index in [9.17, 15) is 10.2 Å². The summed E-state index contributed by atoms with van der Waals surface area (Å²) < 4.78 is 5.00. The summed E-state index contributed by atoms with van der Waals surface area (Å²) in [6.45, 7) is 0. The zero-order valence-electron chi connectivity index (χ0n) is 8.73. The Kier molecular flexibility index (Phi) is 5.48. The maximum atomic E-state index is 9.91. The van der Waals surface area contributed by atoms with Gasteiger partial charge < -0.3 is 14.9 Å². The molecule has 0 aliphatic heterocycles. The predicted octanol–water partition coefficient (Wildman–Crippen LogP) is 1.92. The van der Waals surface area contributed by atoms with Gasteiger partial charge in [-0.25, -0.2) is 4.98 Å². The van der Waals surface area contributed by atoms with Crippen LogP contribution < -0.4 is 4.74 Å². The first-order valence-electron chi connectivity index (χ1n) is 4.71. The first-order chi connectivity index (χ1) is 7.60. The van der Waals surface area contributed by atoms with Crippen LogP contribution in [0.3, 0.4) is 0 Å². The summed E-state index contributed by atoms with van der Waals surface area (Å²) >= 11 is 8.98. The smallest absolute Gasteiger partial charge is 0.219 e. The number of pyridine rings is 1. The van der Waals surface area contributed by atoms with Crippen LogP contribution in [-0.4, -0.2) is 33.7 Å². The van der Waals surface area contributed by atoms with E-state index in [-0.39, 0.29) is 5.88 Å². The fourth-order valence-corrected chi connectivity index (χ4v) is 1.94. The van der Waals surface area contributed by atoms with Gasteiger partial charge in [0.2, 0.25) is 5.88 Å². The van der Waals surface area contributed by atoms with Crippen molar-refractivity contribution in [3.63, 3.8) is 0 Å². The topological polar surface area (TPSA) is 62.6 Å². The third-order valence-corrected chi connectivity index (χ3v) is 2.79. The monoisotopic (exact) mass is 309 g/mol. The summed E-state index contributed by atoms with van der Waals surface area (Å²) in [5.74, 6) is 0.269. The van der Waals surface area contributed by atoms with Gasteiger partial charge in [0.05, 0.1) is 18.2 Å². The van der Waals surface area contributed by atoms with Crippen molar-refractivity contribution in [3.05, 3.63) is 22.8 Å². The van der Waals surface area contributed by atoms with Crippen LogP contribution in [0.4, 0.5) is 0 Å². The lowest BCUT2D eigenvalue weighted by molar-refractivity contribution is 0.0157. The Morgan fingerprint density at radius 2 is 2.25 bits per heavy atom. The van der Waals surface area contributed by atoms with Gasteiger partial charge in [-0.3, -0.25) is 0 Å². The number of aliphatic hydroxyl groups is 2. The molecular weight excluding hydrogens is 297 g/mol. The number of nitrogens with zero attached hydrogens (tertiary/aromatic N) is 1. The largest absolute Gasteiger partial charge is 0.481 e. The third-order valence-electron chi connectivity index (χ3n) is 2.13. The van der Waals surface area contributed by atoms with Gasteiger partial charge in [0.1, 0.15) is 6.10 Å². The van der Waals surface area contributed by atoms with Gasteiger partial charge >= 0.3 is 0 Å². The quantitative estimate of drug-likeness (QED) is 0.816. The molecule has 0 spiro atoms. The van der Waals surface area contributed by atoms with Gasteiger partial charge in [0.25, 0.3) is 0 Å². The summed E-state index contributed by atoms with van der Waals surface area (Å²) in [7, 11) is 1.45. The normalized spacial score (nSPS) is 14.6. The Hall–Kier alpha value is -0.360. The minimum Gasteiger partial charge on any atom is -0.481 e. The highest BCUT2D eigenvalue weighted by molar-refractivity contribution is 9.09. The Morgan fingerprint density at radius 1 is 1.56 bits per heavy atom. The summed E-state index contributed by atoms with van der Waals surface area (Å²) in [5.41, 5.74) is 0.392. The highest BCUT2D eigenvalue weighted by atomic mass is 79.9. The SMILES string of the molecule is COc1ncc(Cl)cc1C(O)C(O)CCBr. The van der Waals surface area contributed by atoms with Crippen molar-refractivity contribution in [2.75, 3.05) is 12.4 Å². The molecule has 2 atom stereocenters. The fourth-order valence-electron chi connectivity index (χ4n) is 1.30. The molecule has 0 aliphatic carbocycles. The van der Waals surface area contributed by atoms with Crippen molar-refractivity contribution in [1.82, 2.24) is 4.98 Å². The van der Waals surface area contributed by atoms with Crippen molar-refractivity contribution >= 4 is 27.5 Å². The highest BCUT2D eigenvalue weighted by Crippen LogP contribution is 2.28. The van der Waals surface area contributed by atoms with Gasteiger partial charge in [-0.2, -0.15) is 0 Å². The fraction of sp³-hybridized carbons (Fsp3) is 0.500. The number of hydrogen-bond donors (Lipinski definition) is 2. The molecule has 16 heavy (non-hydrogen) atoms. The molecule has 0 bridgehead atoms. The summed E-state index contributed by atoms with van der Waals surface area (Å²) in [6.07, 6.45) is -0.0862. The minimum atomic E-state index is -1.06. The molecule has 90 valence electrons. The molecule has 0 amide bonds. The van der Waals surface area contributed by atoms with E-state index in [1.165, 1.54) is 19.4 Å². The van der Waals surface area contributed by atoms with Gasteiger partial charge in [-0.05, 0) is 12.5 Å². The van der Waals surface area contributed by atoms with Gasteiger partial charge in [0.15, 0.2) is 0 Å². The molecule has 0 aliphatic rings. The van der Waals surface area contributed by atoms with Crippen molar-refractivity contribution < 1.29 is 14.9 Å². The molecule has 2 unspecified atom stereocenters. The van der Waals surface area contributed by atoms with Gasteiger partial charge in [-0.15, -0.1) is 0 Å². The van der Waals surface area contributed by atoms with E-state index >= 15 is 0 Å². The van der Waals surface area contributed by atoms with Crippen LogP contribution in [-0.2, 0) is 0 Å². The number of halogens is 2. The van der Waals surface area contributed by atoms with Crippen LogP contribution >= 0.6 is 27.5 Å². The van der Waals surface area contributed by atoms with Crippen molar-refractivity contribution in [2.45, 2.75) is 18.6 Å². The molecule has 1 aromatic heterocycles. The van der Waals surface area contributed by atoms with E-state index in [0.29, 0.717) is 22.3 Å². The zero-order valence-corrected chi connectivity index (χ0v) is 11.1. The lowest BCUT2D eigenvalue weighted by Crippen LogP contribution is -2.19. The Morgan fingerprint density at radius 3 is 2.81 bits per heavy atom. The summed E-state index contributed by atoms with van der Waals surface area (Å²) in [6, 6.07) is 1.54. The minimum absolute atomic E-state index is 0.269. The first-order valence-corrected chi connectivity index (χ1v) is 6.21. The Balaban J connectivity index is 2.96. The first kappa shape index (κ1) is 13.7. The van der Waals surface area contributed by atoms with Crippen LogP contribution in [0.25, 0.3) is 0 Å². The maximum Gasteiger partial charge on any atom is 0.219 e. The number of aliphatic hydroxyl groups excluding tert-OH is 2. The van der Waals surface area contributed by atoms with E-state index in [4.69, 9.17) is 16.3 Å². The van der Waals surface area contributed by atoms with E-state index in [0.717, 1.165) is 0 Å². The number of aromatic nitrogens is 1. The van der Waals surface area contributed by atoms with Crippen LogP contribution in [0.1, 0.15) is 18.1 Å². The van der Waals surface area contributed by atoms with E-state index < -0.39 is 12.2 Å². The van der Waals surface area contributed by atoms with E-state index in [1.807, 2.05) is 0 Å². The second kappa shape index (κ2) is 6.39. The molecule has 0 saturated heterocycles. The molecule has 0 fully saturated rings. The standard InChI is InChI=1S/C10H13BrClNO3/c1-16-10-7(4-6(12)5-13-10)9(15)8(14)2-3-11/h4-5,8-9,14-15H,2-3H2,1H3. The lowest BCUT2D eigenvalue weighted by atomic mass is 10.0. The maximum absolute atomic E-state index is 9.91. The Labute approximate surface area is 107 Å². The second-order valence-corrected chi connectivity index (χ2v) is 4.47. The molecule has 2 N–H and O–H groups in total. The van der Waals surface area contributed by atoms with Gasteiger partial charge in [-0.1, -0.05) is 27.5 Å². The number of methoxy groups -OCH3 is 1. The second-order valence-electron chi connectivity index (χ2n) is 3.24. The molecule has 0 radical (unpaired) electrons. The number of alkyl halides is 1. The summed E-state index contributed by atoms with van der Waals surface area (Å²) in [5, 5.41) is 20.6. The number of rotatable bonds is 5. The van der Waals surface area contributed by atoms with Crippen molar-refractivity contribution in [1.29, 1.82) is 0 Å². The number of hydrogen-bond acceptors (Lipinski definition) is 4. The zero-order chi connectivity index (χ0) is 12.1. The predicted molar refractivity (Wildman–Crippen MR) is 65.2 cm³/mol. The molecule has 1 rings (SSSR count). The average Bonchev–Trinajstić information content (AvgIpc) is 2.28. The van der Waals surface area contributed by atoms with Crippen molar-refractivity contribution in [3.8, 4) is 5.88 Å². The Bertz CT molecular complexity index is 351. The average molecular weight is 311 g/mol. The third kappa shape index (κ3) is 3.31. The highest BCUT2D eigenvalue weighted by Gasteiger charge is 2.22. The van der Waals surface area contributed by atoms with Crippen LogP contribution in [0.15, 0.2) is 12.3 Å². The van der Waals surface area contributed by atoms with Crippen LogP contribution in [0, 0.1) is 0 Å². The van der Waals surface area contributed by atoms with Gasteiger partial charge in [0, 0.05) is 17.1 Å². The lowest BCUT2D eigenvalue weighted by Gasteiger charge is -2.18. The van der Waals surface area contributed by atoms with Crippen LogP contribution in [0.5, 0.6) is 5.88 Å². The number of ether oxygens (including phenoxy) is 1. The molecule has 4 nitrogen and oxygen atoms in total. The van der Waals surface area contributed by atoms with E-state index in [2.05, 4.69) is 20.9 Å². The molecular formula is C10H13BrClNO3. The molecule has 0 saturated carbocycles. The molecule has 0 aromatic carbocycles. The molecule has 1 aromatic rings. The molecule has 6 heteroatoms.